The van der Waals surface area contributed by atoms with Gasteiger partial charge in [-0.3, -0.25) is 10.1 Å². The molecule has 0 spiro atoms. The summed E-state index contributed by atoms with van der Waals surface area (Å²) in [7, 11) is 1.86. The van der Waals surface area contributed by atoms with Crippen LogP contribution in [0.4, 0.5) is 11.6 Å². The van der Waals surface area contributed by atoms with E-state index in [9.17, 15) is 10.1 Å². The first-order valence-corrected chi connectivity index (χ1v) is 7.67. The molecule has 122 valence electrons. The normalized spacial score (nSPS) is 10.6. The van der Waals surface area contributed by atoms with Gasteiger partial charge in [0.05, 0.1) is 16.8 Å². The third kappa shape index (κ3) is 3.38. The van der Waals surface area contributed by atoms with Gasteiger partial charge in [-0.05, 0) is 17.7 Å². The SMILES string of the molecule is Cn1c(-c2cccc([N+](=O)[O-])c2)cnc1NCc1cccc(Cl)c1. The number of hydrogen-bond donors (Lipinski definition) is 1. The molecule has 0 aliphatic carbocycles. The predicted molar refractivity (Wildman–Crippen MR) is 94.1 cm³/mol. The summed E-state index contributed by atoms with van der Waals surface area (Å²) in [6, 6.07) is 14.1. The minimum atomic E-state index is -0.405. The number of imidazole rings is 1. The molecule has 0 aliphatic heterocycles. The van der Waals surface area contributed by atoms with Crippen LogP contribution in [0.5, 0.6) is 0 Å². The van der Waals surface area contributed by atoms with E-state index < -0.39 is 4.92 Å². The number of halogens is 1. The number of nitrogens with one attached hydrogen (secondary N) is 1. The Morgan fingerprint density at radius 3 is 2.79 bits per heavy atom. The number of hydrogen-bond acceptors (Lipinski definition) is 4. The molecule has 0 unspecified atom stereocenters. The maximum absolute atomic E-state index is 10.9. The molecule has 0 aliphatic rings. The van der Waals surface area contributed by atoms with E-state index in [1.165, 1.54) is 12.1 Å². The van der Waals surface area contributed by atoms with Gasteiger partial charge >= 0.3 is 0 Å². The first-order chi connectivity index (χ1) is 11.5. The molecule has 0 saturated carbocycles. The second-order valence-corrected chi connectivity index (χ2v) is 5.75. The number of nitrogens with zero attached hydrogens (tertiary/aromatic N) is 3. The molecule has 24 heavy (non-hydrogen) atoms. The molecule has 0 saturated heterocycles. The van der Waals surface area contributed by atoms with Gasteiger partial charge in [0.1, 0.15) is 0 Å². The molecule has 3 rings (SSSR count). The molecule has 6 nitrogen and oxygen atoms in total. The van der Waals surface area contributed by atoms with Crippen LogP contribution in [0.3, 0.4) is 0 Å². The van der Waals surface area contributed by atoms with Crippen molar-refractivity contribution < 1.29 is 4.92 Å². The van der Waals surface area contributed by atoms with Crippen molar-refractivity contribution in [1.82, 2.24) is 9.55 Å². The number of benzene rings is 2. The smallest absolute Gasteiger partial charge is 0.270 e. The summed E-state index contributed by atoms with van der Waals surface area (Å²) < 4.78 is 1.86. The van der Waals surface area contributed by atoms with Crippen molar-refractivity contribution in [2.75, 3.05) is 5.32 Å². The molecule has 0 bridgehead atoms. The Morgan fingerprint density at radius 2 is 2.04 bits per heavy atom. The fraction of sp³-hybridized carbons (Fsp3) is 0.118. The van der Waals surface area contributed by atoms with Crippen molar-refractivity contribution in [3.05, 3.63) is 75.4 Å². The molecule has 0 fully saturated rings. The number of anilines is 1. The van der Waals surface area contributed by atoms with Crippen molar-refractivity contribution >= 4 is 23.2 Å². The maximum Gasteiger partial charge on any atom is 0.270 e. The van der Waals surface area contributed by atoms with Gasteiger partial charge in [0.25, 0.3) is 5.69 Å². The van der Waals surface area contributed by atoms with E-state index in [4.69, 9.17) is 11.6 Å². The molecule has 2 aromatic carbocycles. The number of rotatable bonds is 5. The van der Waals surface area contributed by atoms with E-state index in [0.717, 1.165) is 16.8 Å². The minimum Gasteiger partial charge on any atom is -0.352 e. The lowest BCUT2D eigenvalue weighted by atomic mass is 10.1. The number of aromatic nitrogens is 2. The molecule has 1 heterocycles. The number of non-ortho nitro benzene ring substituents is 1. The van der Waals surface area contributed by atoms with Crippen molar-refractivity contribution in [2.24, 2.45) is 7.05 Å². The summed E-state index contributed by atoms with van der Waals surface area (Å²) in [5, 5.41) is 14.9. The third-order valence-electron chi connectivity index (χ3n) is 3.68. The average Bonchev–Trinajstić information content (AvgIpc) is 2.94. The van der Waals surface area contributed by atoms with Gasteiger partial charge < -0.3 is 9.88 Å². The predicted octanol–water partition coefficient (Wildman–Crippen LogP) is 4.26. The Labute approximate surface area is 143 Å². The van der Waals surface area contributed by atoms with Crippen molar-refractivity contribution in [3.8, 4) is 11.3 Å². The lowest BCUT2D eigenvalue weighted by molar-refractivity contribution is -0.384. The van der Waals surface area contributed by atoms with Gasteiger partial charge in [-0.25, -0.2) is 4.98 Å². The van der Waals surface area contributed by atoms with Gasteiger partial charge in [0.15, 0.2) is 0 Å². The summed E-state index contributed by atoms with van der Waals surface area (Å²) in [6.45, 7) is 0.583. The molecule has 0 atom stereocenters. The zero-order valence-electron chi connectivity index (χ0n) is 12.9. The number of nitro benzene ring substituents is 1. The van der Waals surface area contributed by atoms with Gasteiger partial charge in [-0.1, -0.05) is 35.9 Å². The van der Waals surface area contributed by atoms with Crippen LogP contribution in [0, 0.1) is 10.1 Å². The largest absolute Gasteiger partial charge is 0.352 e. The Bertz CT molecular complexity index is 892. The van der Waals surface area contributed by atoms with Gasteiger partial charge in [-0.2, -0.15) is 0 Å². The standard InChI is InChI=1S/C17H15ClN4O2/c1-21-16(13-5-3-7-15(9-13)22(23)24)11-20-17(21)19-10-12-4-2-6-14(18)8-12/h2-9,11H,10H2,1H3,(H,19,20). The fourth-order valence-electron chi connectivity index (χ4n) is 2.45. The lowest BCUT2D eigenvalue weighted by Gasteiger charge is -2.09. The van der Waals surface area contributed by atoms with Gasteiger partial charge in [0, 0.05) is 36.3 Å². The highest BCUT2D eigenvalue weighted by Gasteiger charge is 2.12. The van der Waals surface area contributed by atoms with E-state index in [1.54, 1.807) is 12.3 Å². The van der Waals surface area contributed by atoms with Gasteiger partial charge in [-0.15, -0.1) is 0 Å². The Morgan fingerprint density at radius 1 is 1.25 bits per heavy atom. The van der Waals surface area contributed by atoms with Gasteiger partial charge in [0.2, 0.25) is 5.95 Å². The summed E-state index contributed by atoms with van der Waals surface area (Å²) >= 11 is 5.98. The highest BCUT2D eigenvalue weighted by Crippen LogP contribution is 2.25. The summed E-state index contributed by atoms with van der Waals surface area (Å²) in [5.41, 5.74) is 2.65. The Hall–Kier alpha value is -2.86. The van der Waals surface area contributed by atoms with Crippen LogP contribution in [-0.2, 0) is 13.6 Å². The second kappa shape index (κ2) is 6.72. The monoisotopic (exact) mass is 342 g/mol. The fourth-order valence-corrected chi connectivity index (χ4v) is 2.66. The van der Waals surface area contributed by atoms with E-state index in [2.05, 4.69) is 10.3 Å². The van der Waals surface area contributed by atoms with Crippen LogP contribution >= 0.6 is 11.6 Å². The van der Waals surface area contributed by atoms with E-state index in [1.807, 2.05) is 41.9 Å². The first-order valence-electron chi connectivity index (χ1n) is 7.29. The molecular weight excluding hydrogens is 328 g/mol. The van der Waals surface area contributed by atoms with Crippen molar-refractivity contribution in [3.63, 3.8) is 0 Å². The molecular formula is C17H15ClN4O2. The topological polar surface area (TPSA) is 73.0 Å². The summed E-state index contributed by atoms with van der Waals surface area (Å²) in [5.74, 6) is 0.677. The van der Waals surface area contributed by atoms with Crippen molar-refractivity contribution in [2.45, 2.75) is 6.54 Å². The van der Waals surface area contributed by atoms with Crippen LogP contribution in [0.1, 0.15) is 5.56 Å². The highest BCUT2D eigenvalue weighted by molar-refractivity contribution is 6.30. The van der Waals surface area contributed by atoms with Crippen LogP contribution < -0.4 is 5.32 Å². The van der Waals surface area contributed by atoms with E-state index in [0.29, 0.717) is 17.5 Å². The quantitative estimate of drug-likeness (QED) is 0.555. The highest BCUT2D eigenvalue weighted by atomic mass is 35.5. The Balaban J connectivity index is 1.81. The molecule has 0 radical (unpaired) electrons. The van der Waals surface area contributed by atoms with E-state index >= 15 is 0 Å². The molecule has 3 aromatic rings. The maximum atomic E-state index is 10.9. The molecule has 1 N–H and O–H groups in total. The molecule has 1 aromatic heterocycles. The van der Waals surface area contributed by atoms with Crippen molar-refractivity contribution in [1.29, 1.82) is 0 Å². The van der Waals surface area contributed by atoms with Crippen LogP contribution in [-0.4, -0.2) is 14.5 Å². The Kier molecular flexibility index (Phi) is 4.48. The third-order valence-corrected chi connectivity index (χ3v) is 3.92. The zero-order chi connectivity index (χ0) is 17.1. The number of nitro groups is 1. The molecule has 7 heteroatoms. The first kappa shape index (κ1) is 16.0. The van der Waals surface area contributed by atoms with Crippen LogP contribution in [0.15, 0.2) is 54.7 Å². The molecule has 0 amide bonds. The minimum absolute atomic E-state index is 0.0575. The lowest BCUT2D eigenvalue weighted by Crippen LogP contribution is -2.05. The van der Waals surface area contributed by atoms with Crippen LogP contribution in [0.25, 0.3) is 11.3 Å². The second-order valence-electron chi connectivity index (χ2n) is 5.32. The average molecular weight is 343 g/mol. The van der Waals surface area contributed by atoms with Crippen LogP contribution in [0.2, 0.25) is 5.02 Å². The summed E-state index contributed by atoms with van der Waals surface area (Å²) in [4.78, 5) is 14.9. The summed E-state index contributed by atoms with van der Waals surface area (Å²) in [6.07, 6.45) is 1.69. The zero-order valence-corrected chi connectivity index (χ0v) is 13.7. The van der Waals surface area contributed by atoms with E-state index in [-0.39, 0.29) is 5.69 Å².